The van der Waals surface area contributed by atoms with E-state index in [2.05, 4.69) is 36.2 Å². The number of aryl methyl sites for hydroxylation is 3. The molecule has 0 bridgehead atoms. The molecule has 2 aromatic rings. The third-order valence-electron chi connectivity index (χ3n) is 3.62. The van der Waals surface area contributed by atoms with Gasteiger partial charge in [-0.25, -0.2) is 4.98 Å². The van der Waals surface area contributed by atoms with Crippen LogP contribution < -0.4 is 10.6 Å². The van der Waals surface area contributed by atoms with Crippen molar-refractivity contribution in [2.75, 3.05) is 11.9 Å². The van der Waals surface area contributed by atoms with Crippen molar-refractivity contribution >= 4 is 28.7 Å². The lowest BCUT2D eigenvalue weighted by atomic mass is 10.1. The van der Waals surface area contributed by atoms with Gasteiger partial charge in [0.15, 0.2) is 0 Å². The molecule has 0 radical (unpaired) electrons. The third kappa shape index (κ3) is 3.22. The van der Waals surface area contributed by atoms with Crippen molar-refractivity contribution in [3.8, 4) is 0 Å². The fourth-order valence-corrected chi connectivity index (χ4v) is 2.69. The summed E-state index contributed by atoms with van der Waals surface area (Å²) in [6.45, 7) is 6.14. The molecule has 0 aliphatic carbocycles. The van der Waals surface area contributed by atoms with Gasteiger partial charge >= 0.3 is 0 Å². The Morgan fingerprint density at radius 3 is 2.38 bits per heavy atom. The highest BCUT2D eigenvalue weighted by Crippen LogP contribution is 2.28. The zero-order chi connectivity index (χ0) is 15.6. The molecule has 0 atom stereocenters. The number of nitrogens with two attached hydrogens (primary N) is 1. The number of thiocarbonyl (C=S) groups is 1. The highest BCUT2D eigenvalue weighted by atomic mass is 32.1. The number of hydrogen-bond donors (Lipinski definition) is 1. The number of anilines is 2. The summed E-state index contributed by atoms with van der Waals surface area (Å²) in [7, 11) is 1.99. The summed E-state index contributed by atoms with van der Waals surface area (Å²) in [6.07, 6.45) is 1.03. The standard InChI is InChI=1S/C17H21N3S/c1-5-13-6-8-14(9-7-13)20(4)17-15(16(18)21)11(2)10-12(3)19-17/h6-10H,5H2,1-4H3,(H2,18,21). The largest absolute Gasteiger partial charge is 0.389 e. The van der Waals surface area contributed by atoms with Crippen molar-refractivity contribution in [3.63, 3.8) is 0 Å². The highest BCUT2D eigenvalue weighted by molar-refractivity contribution is 7.80. The molecule has 0 fully saturated rings. The van der Waals surface area contributed by atoms with Gasteiger partial charge in [-0.3, -0.25) is 0 Å². The topological polar surface area (TPSA) is 42.2 Å². The third-order valence-corrected chi connectivity index (χ3v) is 3.83. The first-order chi connectivity index (χ1) is 9.93. The fraction of sp³-hybridized carbons (Fsp3) is 0.294. The number of aromatic nitrogens is 1. The summed E-state index contributed by atoms with van der Waals surface area (Å²) in [4.78, 5) is 7.05. The van der Waals surface area contributed by atoms with Crippen LogP contribution in [0, 0.1) is 13.8 Å². The molecule has 0 unspecified atom stereocenters. The number of hydrogen-bond acceptors (Lipinski definition) is 3. The smallest absolute Gasteiger partial charge is 0.143 e. The SMILES string of the molecule is CCc1ccc(N(C)c2nc(C)cc(C)c2C(N)=S)cc1. The quantitative estimate of drug-likeness (QED) is 0.875. The van der Waals surface area contributed by atoms with Crippen LogP contribution in [0.1, 0.15) is 29.3 Å². The zero-order valence-corrected chi connectivity index (χ0v) is 13.8. The first kappa shape index (κ1) is 15.4. The second-order valence-corrected chi connectivity index (χ2v) is 5.66. The minimum atomic E-state index is 0.382. The number of pyridine rings is 1. The van der Waals surface area contributed by atoms with Crippen molar-refractivity contribution in [3.05, 3.63) is 52.7 Å². The predicted molar refractivity (Wildman–Crippen MR) is 93.5 cm³/mol. The van der Waals surface area contributed by atoms with Gasteiger partial charge in [0.05, 0.1) is 5.56 Å². The van der Waals surface area contributed by atoms with E-state index in [-0.39, 0.29) is 0 Å². The van der Waals surface area contributed by atoms with E-state index < -0.39 is 0 Å². The van der Waals surface area contributed by atoms with Crippen LogP contribution in [0.25, 0.3) is 0 Å². The highest BCUT2D eigenvalue weighted by Gasteiger charge is 2.16. The Morgan fingerprint density at radius 2 is 1.86 bits per heavy atom. The minimum absolute atomic E-state index is 0.382. The average molecular weight is 299 g/mol. The molecule has 2 rings (SSSR count). The van der Waals surface area contributed by atoms with Crippen LogP contribution in [0.15, 0.2) is 30.3 Å². The molecule has 0 saturated carbocycles. The lowest BCUT2D eigenvalue weighted by molar-refractivity contribution is 1.07. The maximum atomic E-state index is 5.89. The molecule has 21 heavy (non-hydrogen) atoms. The van der Waals surface area contributed by atoms with Gasteiger partial charge in [-0.1, -0.05) is 31.3 Å². The molecule has 0 aliphatic heterocycles. The molecule has 4 heteroatoms. The van der Waals surface area contributed by atoms with Crippen molar-refractivity contribution in [2.45, 2.75) is 27.2 Å². The van der Waals surface area contributed by atoms with Crippen LogP contribution in [0.5, 0.6) is 0 Å². The van der Waals surface area contributed by atoms with Crippen LogP contribution >= 0.6 is 12.2 Å². The van der Waals surface area contributed by atoms with Gasteiger partial charge in [-0.15, -0.1) is 0 Å². The van der Waals surface area contributed by atoms with Crippen molar-refractivity contribution in [1.29, 1.82) is 0 Å². The van der Waals surface area contributed by atoms with Crippen LogP contribution in [-0.4, -0.2) is 17.0 Å². The van der Waals surface area contributed by atoms with E-state index in [4.69, 9.17) is 18.0 Å². The van der Waals surface area contributed by atoms with Crippen LogP contribution in [0.2, 0.25) is 0 Å². The van der Waals surface area contributed by atoms with Crippen LogP contribution in [-0.2, 0) is 6.42 Å². The van der Waals surface area contributed by atoms with E-state index in [1.165, 1.54) is 5.56 Å². The Morgan fingerprint density at radius 1 is 1.24 bits per heavy atom. The number of benzene rings is 1. The minimum Gasteiger partial charge on any atom is -0.389 e. The second kappa shape index (κ2) is 6.22. The van der Waals surface area contributed by atoms with Crippen LogP contribution in [0.4, 0.5) is 11.5 Å². The molecule has 1 heterocycles. The lowest BCUT2D eigenvalue weighted by Crippen LogP contribution is -2.21. The van der Waals surface area contributed by atoms with Gasteiger partial charge in [0.1, 0.15) is 10.8 Å². The van der Waals surface area contributed by atoms with E-state index in [0.29, 0.717) is 4.99 Å². The number of rotatable bonds is 4. The van der Waals surface area contributed by atoms with Gasteiger partial charge in [0.2, 0.25) is 0 Å². The summed E-state index contributed by atoms with van der Waals surface area (Å²) in [6, 6.07) is 10.5. The van der Waals surface area contributed by atoms with Crippen LogP contribution in [0.3, 0.4) is 0 Å². The normalized spacial score (nSPS) is 10.5. The molecular weight excluding hydrogens is 278 g/mol. The maximum absolute atomic E-state index is 5.89. The van der Waals surface area contributed by atoms with E-state index in [9.17, 15) is 0 Å². The lowest BCUT2D eigenvalue weighted by Gasteiger charge is -2.23. The second-order valence-electron chi connectivity index (χ2n) is 5.22. The molecule has 0 amide bonds. The van der Waals surface area contributed by atoms with E-state index in [1.54, 1.807) is 0 Å². The van der Waals surface area contributed by atoms with E-state index >= 15 is 0 Å². The van der Waals surface area contributed by atoms with Crippen molar-refractivity contribution in [2.24, 2.45) is 5.73 Å². The molecule has 1 aromatic carbocycles. The molecular formula is C17H21N3S. The van der Waals surface area contributed by atoms with Crippen molar-refractivity contribution < 1.29 is 0 Å². The number of nitrogens with zero attached hydrogens (tertiary/aromatic N) is 2. The zero-order valence-electron chi connectivity index (χ0n) is 13.0. The summed E-state index contributed by atoms with van der Waals surface area (Å²) in [5, 5.41) is 0. The summed E-state index contributed by atoms with van der Waals surface area (Å²) in [5.74, 6) is 0.809. The summed E-state index contributed by atoms with van der Waals surface area (Å²) < 4.78 is 0. The van der Waals surface area contributed by atoms with Gasteiger partial charge in [-0.2, -0.15) is 0 Å². The summed E-state index contributed by atoms with van der Waals surface area (Å²) in [5.41, 5.74) is 11.1. The molecule has 3 nitrogen and oxygen atoms in total. The monoisotopic (exact) mass is 299 g/mol. The molecule has 0 aliphatic rings. The Bertz CT molecular complexity index is 662. The van der Waals surface area contributed by atoms with Crippen molar-refractivity contribution in [1.82, 2.24) is 4.98 Å². The van der Waals surface area contributed by atoms with Gasteiger partial charge in [0, 0.05) is 18.4 Å². The Balaban J connectivity index is 2.51. The molecule has 110 valence electrons. The predicted octanol–water partition coefficient (Wildman–Crippen LogP) is 3.66. The first-order valence-corrected chi connectivity index (χ1v) is 7.45. The molecule has 2 N–H and O–H groups in total. The Hall–Kier alpha value is -1.94. The van der Waals surface area contributed by atoms with Gasteiger partial charge in [0.25, 0.3) is 0 Å². The molecule has 0 spiro atoms. The molecule has 1 aromatic heterocycles. The Labute approximate surface area is 131 Å². The first-order valence-electron chi connectivity index (χ1n) is 7.04. The Kier molecular flexibility index (Phi) is 4.58. The van der Waals surface area contributed by atoms with E-state index in [1.807, 2.05) is 31.9 Å². The fourth-order valence-electron chi connectivity index (χ4n) is 2.44. The average Bonchev–Trinajstić information content (AvgIpc) is 2.45. The molecule has 0 saturated heterocycles. The van der Waals surface area contributed by atoms with E-state index in [0.717, 1.165) is 34.7 Å². The van der Waals surface area contributed by atoms with Gasteiger partial charge < -0.3 is 10.6 Å². The maximum Gasteiger partial charge on any atom is 0.143 e. The van der Waals surface area contributed by atoms with Gasteiger partial charge in [-0.05, 0) is 49.6 Å². The summed E-state index contributed by atoms with van der Waals surface area (Å²) >= 11 is 5.20.